The van der Waals surface area contributed by atoms with Crippen molar-refractivity contribution >= 4 is 5.97 Å². The summed E-state index contributed by atoms with van der Waals surface area (Å²) in [6, 6.07) is 0.740. The fourth-order valence-electron chi connectivity index (χ4n) is 0.696. The minimum Gasteiger partial charge on any atom is -0.477 e. The Balaban J connectivity index is 3.59. The van der Waals surface area contributed by atoms with Crippen LogP contribution in [0.15, 0.2) is 20.1 Å². The van der Waals surface area contributed by atoms with Crippen LogP contribution < -0.4 is 11.4 Å². The van der Waals surface area contributed by atoms with Gasteiger partial charge in [-0.3, -0.25) is 4.57 Å². The van der Waals surface area contributed by atoms with E-state index in [1.807, 2.05) is 0 Å². The highest BCUT2D eigenvalue weighted by atomic mass is 16.4. The normalized spacial score (nSPS) is 9.75. The Hall–Kier alpha value is -1.85. The van der Waals surface area contributed by atoms with Crippen LogP contribution in [-0.2, 0) is 7.05 Å². The SMILES string of the molecule is Cn1c(C(=O)O)cc(=O)oc1=O. The maximum Gasteiger partial charge on any atom is 0.422 e. The lowest BCUT2D eigenvalue weighted by atomic mass is 10.4. The molecule has 0 spiro atoms. The lowest BCUT2D eigenvalue weighted by Crippen LogP contribution is -2.27. The average molecular weight is 171 g/mol. The van der Waals surface area contributed by atoms with Crippen molar-refractivity contribution in [1.29, 1.82) is 0 Å². The number of carboxylic acids is 1. The quantitative estimate of drug-likeness (QED) is 0.587. The van der Waals surface area contributed by atoms with Gasteiger partial charge in [-0.25, -0.2) is 14.4 Å². The summed E-state index contributed by atoms with van der Waals surface area (Å²) in [4.78, 5) is 31.6. The monoisotopic (exact) mass is 171 g/mol. The van der Waals surface area contributed by atoms with Gasteiger partial charge in [-0.15, -0.1) is 0 Å². The Labute approximate surface area is 65.7 Å². The number of carboxylic acid groups (broad SMARTS) is 1. The summed E-state index contributed by atoms with van der Waals surface area (Å²) in [5.74, 6) is -2.33. The van der Waals surface area contributed by atoms with Gasteiger partial charge in [0.05, 0.1) is 6.07 Å². The number of nitrogens with zero attached hydrogens (tertiary/aromatic N) is 1. The molecule has 0 aromatic carbocycles. The zero-order valence-corrected chi connectivity index (χ0v) is 6.10. The molecule has 0 aliphatic carbocycles. The molecule has 0 fully saturated rings. The van der Waals surface area contributed by atoms with Gasteiger partial charge in [-0.1, -0.05) is 0 Å². The van der Waals surface area contributed by atoms with Gasteiger partial charge in [-0.05, 0) is 0 Å². The summed E-state index contributed by atoms with van der Waals surface area (Å²) in [6.45, 7) is 0. The minimum atomic E-state index is -1.34. The molecule has 0 aliphatic rings. The maximum absolute atomic E-state index is 10.7. The molecule has 0 atom stereocenters. The third-order valence-electron chi connectivity index (χ3n) is 1.30. The zero-order chi connectivity index (χ0) is 9.30. The smallest absolute Gasteiger partial charge is 0.422 e. The molecule has 1 aromatic rings. The first-order valence-corrected chi connectivity index (χ1v) is 2.97. The van der Waals surface area contributed by atoms with E-state index in [-0.39, 0.29) is 0 Å². The molecule has 0 radical (unpaired) electrons. The van der Waals surface area contributed by atoms with E-state index in [4.69, 9.17) is 5.11 Å². The molecule has 1 N–H and O–H groups in total. The Kier molecular flexibility index (Phi) is 1.82. The van der Waals surface area contributed by atoms with E-state index in [1.165, 1.54) is 7.05 Å². The van der Waals surface area contributed by atoms with Crippen LogP contribution in [-0.4, -0.2) is 15.6 Å². The van der Waals surface area contributed by atoms with E-state index in [0.29, 0.717) is 0 Å². The molecule has 12 heavy (non-hydrogen) atoms. The van der Waals surface area contributed by atoms with Crippen LogP contribution in [0.5, 0.6) is 0 Å². The maximum atomic E-state index is 10.7. The van der Waals surface area contributed by atoms with E-state index in [9.17, 15) is 14.4 Å². The fourth-order valence-corrected chi connectivity index (χ4v) is 0.696. The predicted octanol–water partition coefficient (Wildman–Crippen LogP) is -0.963. The van der Waals surface area contributed by atoms with Crippen molar-refractivity contribution in [3.8, 4) is 0 Å². The molecule has 0 saturated carbocycles. The highest BCUT2D eigenvalue weighted by molar-refractivity contribution is 5.85. The first-order chi connectivity index (χ1) is 5.52. The van der Waals surface area contributed by atoms with E-state index in [2.05, 4.69) is 4.42 Å². The lowest BCUT2D eigenvalue weighted by molar-refractivity contribution is 0.0681. The molecule has 1 rings (SSSR count). The number of aromatic carboxylic acids is 1. The van der Waals surface area contributed by atoms with E-state index in [0.717, 1.165) is 10.6 Å². The number of carbonyl (C=O) groups is 1. The van der Waals surface area contributed by atoms with Crippen LogP contribution in [0.1, 0.15) is 10.5 Å². The summed E-state index contributed by atoms with van der Waals surface area (Å²) in [7, 11) is 1.20. The molecule has 6 nitrogen and oxygen atoms in total. The molecule has 0 aliphatic heterocycles. The number of aromatic nitrogens is 1. The molecular weight excluding hydrogens is 166 g/mol. The van der Waals surface area contributed by atoms with Gasteiger partial charge in [0, 0.05) is 7.05 Å². The number of hydrogen-bond acceptors (Lipinski definition) is 4. The van der Waals surface area contributed by atoms with Gasteiger partial charge in [0.25, 0.3) is 0 Å². The van der Waals surface area contributed by atoms with Crippen molar-refractivity contribution in [3.63, 3.8) is 0 Å². The van der Waals surface area contributed by atoms with Crippen LogP contribution in [0.2, 0.25) is 0 Å². The first kappa shape index (κ1) is 8.25. The third kappa shape index (κ3) is 1.26. The van der Waals surface area contributed by atoms with Crippen molar-refractivity contribution in [2.24, 2.45) is 7.05 Å². The molecule has 6 heteroatoms. The van der Waals surface area contributed by atoms with Crippen LogP contribution in [0, 0.1) is 0 Å². The van der Waals surface area contributed by atoms with Crippen molar-refractivity contribution in [2.45, 2.75) is 0 Å². The van der Waals surface area contributed by atoms with Gasteiger partial charge in [0.2, 0.25) is 0 Å². The Bertz CT molecular complexity index is 426. The van der Waals surface area contributed by atoms with Gasteiger partial charge < -0.3 is 9.52 Å². The Morgan fingerprint density at radius 3 is 2.67 bits per heavy atom. The summed E-state index contributed by atoms with van der Waals surface area (Å²) < 4.78 is 4.83. The second kappa shape index (κ2) is 2.65. The van der Waals surface area contributed by atoms with Crippen molar-refractivity contribution in [3.05, 3.63) is 32.7 Å². The first-order valence-electron chi connectivity index (χ1n) is 2.97. The second-order valence-electron chi connectivity index (χ2n) is 2.08. The zero-order valence-electron chi connectivity index (χ0n) is 6.10. The minimum absolute atomic E-state index is 0.392. The van der Waals surface area contributed by atoms with Gasteiger partial charge in [0.1, 0.15) is 5.69 Å². The average Bonchev–Trinajstić information content (AvgIpc) is 1.96. The molecule has 0 amide bonds. The summed E-state index contributed by atoms with van der Waals surface area (Å²) in [6.07, 6.45) is 0. The van der Waals surface area contributed by atoms with Gasteiger partial charge in [-0.2, -0.15) is 0 Å². The van der Waals surface area contributed by atoms with Crippen molar-refractivity contribution in [2.75, 3.05) is 0 Å². The summed E-state index contributed by atoms with van der Waals surface area (Å²) >= 11 is 0. The Morgan fingerprint density at radius 2 is 2.17 bits per heavy atom. The Morgan fingerprint density at radius 1 is 1.58 bits per heavy atom. The van der Waals surface area contributed by atoms with Crippen LogP contribution in [0.25, 0.3) is 0 Å². The second-order valence-corrected chi connectivity index (χ2v) is 2.08. The molecule has 0 unspecified atom stereocenters. The molecule has 1 heterocycles. The van der Waals surface area contributed by atoms with Gasteiger partial charge >= 0.3 is 17.4 Å². The van der Waals surface area contributed by atoms with Crippen molar-refractivity contribution < 1.29 is 14.3 Å². The topological polar surface area (TPSA) is 89.5 Å². The lowest BCUT2D eigenvalue weighted by Gasteiger charge is -1.98. The number of rotatable bonds is 1. The predicted molar refractivity (Wildman–Crippen MR) is 37.2 cm³/mol. The van der Waals surface area contributed by atoms with Crippen LogP contribution in [0.4, 0.5) is 0 Å². The van der Waals surface area contributed by atoms with E-state index in [1.54, 1.807) is 0 Å². The van der Waals surface area contributed by atoms with E-state index >= 15 is 0 Å². The summed E-state index contributed by atoms with van der Waals surface area (Å²) in [5, 5.41) is 8.47. The summed E-state index contributed by atoms with van der Waals surface area (Å²) in [5.41, 5.74) is -1.35. The highest BCUT2D eigenvalue weighted by Crippen LogP contribution is 1.88. The van der Waals surface area contributed by atoms with Gasteiger partial charge in [0.15, 0.2) is 0 Å². The molecular formula is C6H5NO5. The molecule has 1 aromatic heterocycles. The standard InChI is InChI=1S/C6H5NO5/c1-7-3(5(9)10)2-4(8)12-6(7)11/h2H,1H3,(H,9,10). The number of hydrogen-bond donors (Lipinski definition) is 1. The van der Waals surface area contributed by atoms with Crippen LogP contribution in [0.3, 0.4) is 0 Å². The van der Waals surface area contributed by atoms with E-state index < -0.39 is 23.0 Å². The molecule has 0 saturated heterocycles. The third-order valence-corrected chi connectivity index (χ3v) is 1.30. The molecule has 64 valence electrons. The molecule has 0 bridgehead atoms. The highest BCUT2D eigenvalue weighted by Gasteiger charge is 2.10. The largest absolute Gasteiger partial charge is 0.477 e. The fraction of sp³-hybridized carbons (Fsp3) is 0.167. The van der Waals surface area contributed by atoms with Crippen molar-refractivity contribution in [1.82, 2.24) is 4.57 Å². The van der Waals surface area contributed by atoms with Crippen LogP contribution >= 0.6 is 0 Å².